The second kappa shape index (κ2) is 6.95. The summed E-state index contributed by atoms with van der Waals surface area (Å²) in [6, 6.07) is 0. The van der Waals surface area contributed by atoms with Crippen LogP contribution < -0.4 is 0 Å². The van der Waals surface area contributed by atoms with E-state index in [2.05, 4.69) is 0 Å². The Morgan fingerprint density at radius 2 is 2.13 bits per heavy atom. The van der Waals surface area contributed by atoms with Crippen molar-refractivity contribution in [3.05, 3.63) is 0 Å². The van der Waals surface area contributed by atoms with Crippen molar-refractivity contribution in [2.45, 2.75) is 26.7 Å². The minimum Gasteiger partial charge on any atom is -0.324 e. The van der Waals surface area contributed by atoms with Gasteiger partial charge in [-0.3, -0.25) is 14.6 Å². The van der Waals surface area contributed by atoms with E-state index in [0.29, 0.717) is 11.5 Å². The van der Waals surface area contributed by atoms with Crippen LogP contribution in [0.3, 0.4) is 0 Å². The Balaban J connectivity index is 3.74. The van der Waals surface area contributed by atoms with Gasteiger partial charge in [0.25, 0.3) is 0 Å². The van der Waals surface area contributed by atoms with Gasteiger partial charge in [0.1, 0.15) is 0 Å². The van der Waals surface area contributed by atoms with Crippen molar-refractivity contribution in [2.75, 3.05) is 19.3 Å². The van der Waals surface area contributed by atoms with Crippen LogP contribution in [0.15, 0.2) is 0 Å². The summed E-state index contributed by atoms with van der Waals surface area (Å²) in [4.78, 5) is 19.8. The number of hydrogen-bond donors (Lipinski definition) is 2. The van der Waals surface area contributed by atoms with Crippen molar-refractivity contribution < 1.29 is 24.0 Å². The highest BCUT2D eigenvalue weighted by atomic mass is 31.2. The van der Waals surface area contributed by atoms with Gasteiger partial charge in [-0.05, 0) is 12.8 Å². The zero-order chi connectivity index (χ0) is 11.9. The molecule has 6 nitrogen and oxygen atoms in total. The molecule has 2 N–H and O–H groups in total. The molecule has 0 aromatic rings. The number of carbonyl (C=O) groups excluding carboxylic acids is 1. The lowest BCUT2D eigenvalue weighted by atomic mass is 10.4. The Labute approximate surface area is 89.3 Å². The summed E-state index contributed by atoms with van der Waals surface area (Å²) in [6.45, 7) is 3.33. The third-order valence-corrected chi connectivity index (χ3v) is 3.14. The molecule has 1 amide bonds. The van der Waals surface area contributed by atoms with Crippen LogP contribution in [0.5, 0.6) is 0 Å². The molecular formula is C8H18NO5P. The van der Waals surface area contributed by atoms with Gasteiger partial charge in [-0.15, -0.1) is 0 Å². The lowest BCUT2D eigenvalue weighted by Crippen LogP contribution is -2.26. The van der Waals surface area contributed by atoms with Crippen molar-refractivity contribution in [1.29, 1.82) is 0 Å². The Morgan fingerprint density at radius 3 is 2.60 bits per heavy atom. The van der Waals surface area contributed by atoms with Crippen LogP contribution in [0.25, 0.3) is 0 Å². The van der Waals surface area contributed by atoms with E-state index in [-0.39, 0.29) is 25.7 Å². The van der Waals surface area contributed by atoms with E-state index in [1.165, 1.54) is 6.92 Å². The molecule has 7 heteroatoms. The molecular weight excluding hydrogens is 221 g/mol. The first-order valence-electron chi connectivity index (χ1n) is 4.82. The maximum Gasteiger partial charge on any atom is 0.328 e. The SMILES string of the molecule is CCCOP(=O)(O)CCCN(O)C(C)=O. The van der Waals surface area contributed by atoms with Crippen LogP contribution in [0.2, 0.25) is 0 Å². The van der Waals surface area contributed by atoms with Gasteiger partial charge >= 0.3 is 7.60 Å². The predicted molar refractivity (Wildman–Crippen MR) is 54.7 cm³/mol. The number of carbonyl (C=O) groups is 1. The van der Waals surface area contributed by atoms with Gasteiger partial charge in [0.2, 0.25) is 5.91 Å². The molecule has 0 aromatic carbocycles. The van der Waals surface area contributed by atoms with E-state index in [9.17, 15) is 14.3 Å². The molecule has 0 heterocycles. The van der Waals surface area contributed by atoms with Crippen LogP contribution >= 0.6 is 7.60 Å². The number of hydroxylamine groups is 2. The molecule has 0 aliphatic rings. The maximum atomic E-state index is 11.3. The summed E-state index contributed by atoms with van der Waals surface area (Å²) in [6.07, 6.45) is 0.842. The van der Waals surface area contributed by atoms with Gasteiger partial charge in [0.15, 0.2) is 0 Å². The average Bonchev–Trinajstić information content (AvgIpc) is 2.14. The minimum absolute atomic E-state index is 0.0371. The fourth-order valence-corrected chi connectivity index (χ4v) is 2.01. The quantitative estimate of drug-likeness (QED) is 0.396. The van der Waals surface area contributed by atoms with Crippen LogP contribution in [-0.4, -0.2) is 40.4 Å². The Bertz CT molecular complexity index is 245. The summed E-state index contributed by atoms with van der Waals surface area (Å²) >= 11 is 0. The van der Waals surface area contributed by atoms with Gasteiger partial charge in [-0.1, -0.05) is 6.92 Å². The monoisotopic (exact) mass is 239 g/mol. The van der Waals surface area contributed by atoms with Crippen molar-refractivity contribution in [3.63, 3.8) is 0 Å². The average molecular weight is 239 g/mol. The molecule has 1 atom stereocenters. The van der Waals surface area contributed by atoms with Gasteiger partial charge in [0.05, 0.1) is 12.8 Å². The first kappa shape index (κ1) is 14.6. The number of rotatable bonds is 7. The number of nitrogens with zero attached hydrogens (tertiary/aromatic N) is 1. The number of hydrogen-bond acceptors (Lipinski definition) is 4. The predicted octanol–water partition coefficient (Wildman–Crippen LogP) is 1.23. The number of amides is 1. The molecule has 1 unspecified atom stereocenters. The summed E-state index contributed by atoms with van der Waals surface area (Å²) in [5.41, 5.74) is 0. The maximum absolute atomic E-state index is 11.3. The van der Waals surface area contributed by atoms with E-state index < -0.39 is 13.5 Å². The molecule has 0 aliphatic heterocycles. The minimum atomic E-state index is -3.54. The normalized spacial score (nSPS) is 14.7. The zero-order valence-corrected chi connectivity index (χ0v) is 9.94. The Kier molecular flexibility index (Phi) is 6.76. The molecule has 0 bridgehead atoms. The summed E-state index contributed by atoms with van der Waals surface area (Å²) < 4.78 is 16.0. The molecule has 90 valence electrons. The molecule has 0 aromatic heterocycles. The van der Waals surface area contributed by atoms with Crippen LogP contribution in [-0.2, 0) is 13.9 Å². The lowest BCUT2D eigenvalue weighted by Gasteiger charge is -2.14. The van der Waals surface area contributed by atoms with Gasteiger partial charge in [-0.2, -0.15) is 0 Å². The highest BCUT2D eigenvalue weighted by Gasteiger charge is 2.18. The first-order chi connectivity index (χ1) is 6.89. The Hall–Kier alpha value is -0.420. The zero-order valence-electron chi connectivity index (χ0n) is 9.05. The summed E-state index contributed by atoms with van der Waals surface area (Å²) in [5.74, 6) is -0.489. The second-order valence-electron chi connectivity index (χ2n) is 3.19. The highest BCUT2D eigenvalue weighted by molar-refractivity contribution is 7.52. The molecule has 15 heavy (non-hydrogen) atoms. The van der Waals surface area contributed by atoms with E-state index in [1.807, 2.05) is 6.92 Å². The van der Waals surface area contributed by atoms with E-state index in [0.717, 1.165) is 0 Å². The Morgan fingerprint density at radius 1 is 1.53 bits per heavy atom. The third-order valence-electron chi connectivity index (χ3n) is 1.67. The molecule has 0 spiro atoms. The van der Waals surface area contributed by atoms with E-state index in [1.54, 1.807) is 0 Å². The fourth-order valence-electron chi connectivity index (χ4n) is 0.876. The van der Waals surface area contributed by atoms with E-state index >= 15 is 0 Å². The van der Waals surface area contributed by atoms with Crippen LogP contribution in [0.1, 0.15) is 26.7 Å². The highest BCUT2D eigenvalue weighted by Crippen LogP contribution is 2.42. The smallest absolute Gasteiger partial charge is 0.324 e. The summed E-state index contributed by atoms with van der Waals surface area (Å²) in [5, 5.41) is 9.48. The van der Waals surface area contributed by atoms with Crippen molar-refractivity contribution in [2.24, 2.45) is 0 Å². The van der Waals surface area contributed by atoms with Crippen LogP contribution in [0.4, 0.5) is 0 Å². The molecule has 0 saturated heterocycles. The fraction of sp³-hybridized carbons (Fsp3) is 0.875. The van der Waals surface area contributed by atoms with Crippen molar-refractivity contribution >= 4 is 13.5 Å². The standard InChI is InChI=1S/C8H18NO5P/c1-3-6-14-15(12,13)7-4-5-9(11)8(2)10/h11H,3-7H2,1-2H3,(H,12,13). The molecule has 0 radical (unpaired) electrons. The summed E-state index contributed by atoms with van der Waals surface area (Å²) in [7, 11) is -3.54. The third kappa shape index (κ3) is 7.50. The largest absolute Gasteiger partial charge is 0.328 e. The topological polar surface area (TPSA) is 87.1 Å². The molecule has 0 fully saturated rings. The van der Waals surface area contributed by atoms with Gasteiger partial charge < -0.3 is 9.42 Å². The van der Waals surface area contributed by atoms with E-state index in [4.69, 9.17) is 9.73 Å². The van der Waals surface area contributed by atoms with Gasteiger partial charge in [0, 0.05) is 13.5 Å². The molecule has 0 rings (SSSR count). The second-order valence-corrected chi connectivity index (χ2v) is 5.17. The lowest BCUT2D eigenvalue weighted by molar-refractivity contribution is -0.162. The van der Waals surface area contributed by atoms with Crippen molar-refractivity contribution in [1.82, 2.24) is 5.06 Å². The first-order valence-corrected chi connectivity index (χ1v) is 6.58. The molecule has 0 saturated carbocycles. The van der Waals surface area contributed by atoms with Crippen LogP contribution in [0, 0.1) is 0 Å². The van der Waals surface area contributed by atoms with Crippen molar-refractivity contribution in [3.8, 4) is 0 Å². The van der Waals surface area contributed by atoms with Gasteiger partial charge in [-0.25, -0.2) is 5.06 Å². The molecule has 0 aliphatic carbocycles.